The Balaban J connectivity index is 3.39. The average molecular weight is 238 g/mol. The molecule has 0 saturated carbocycles. The van der Waals surface area contributed by atoms with Gasteiger partial charge >= 0.3 is 0 Å². The van der Waals surface area contributed by atoms with Crippen molar-refractivity contribution in [1.29, 1.82) is 0 Å². The molecule has 0 aromatic heterocycles. The number of benzene rings is 1. The molecule has 0 bridgehead atoms. The van der Waals surface area contributed by atoms with Gasteiger partial charge in [-0.2, -0.15) is 0 Å². The largest absolute Gasteiger partial charge is 0.279 e. The summed E-state index contributed by atoms with van der Waals surface area (Å²) in [7, 11) is 0. The first-order valence-corrected chi connectivity index (χ1v) is 5.13. The molecular formula is C11H14N2O4. The number of nitrogens with zero attached hydrogens (tertiary/aromatic N) is 2. The minimum atomic E-state index is -0.575. The number of nitro groups is 2. The second kappa shape index (κ2) is 4.48. The molecule has 0 spiro atoms. The Morgan fingerprint density at radius 2 is 1.47 bits per heavy atom. The molecule has 0 saturated heterocycles. The van der Waals surface area contributed by atoms with Crippen molar-refractivity contribution in [2.45, 2.75) is 27.2 Å². The summed E-state index contributed by atoms with van der Waals surface area (Å²) in [6, 6.07) is 3.94. The van der Waals surface area contributed by atoms with Gasteiger partial charge in [0.05, 0.1) is 9.85 Å². The minimum absolute atomic E-state index is 0.186. The highest BCUT2D eigenvalue weighted by molar-refractivity contribution is 5.53. The Kier molecular flexibility index (Phi) is 3.45. The Morgan fingerprint density at radius 3 is 1.76 bits per heavy atom. The Hall–Kier alpha value is -1.98. The number of hydrogen-bond donors (Lipinski definition) is 0. The lowest BCUT2D eigenvalue weighted by atomic mass is 9.87. The van der Waals surface area contributed by atoms with Gasteiger partial charge in [0.1, 0.15) is 5.56 Å². The number of nitro benzene ring substituents is 2. The van der Waals surface area contributed by atoms with Crippen LogP contribution in [0.2, 0.25) is 0 Å². The predicted molar refractivity (Wildman–Crippen MR) is 62.9 cm³/mol. The molecule has 17 heavy (non-hydrogen) atoms. The van der Waals surface area contributed by atoms with Crippen LogP contribution in [-0.4, -0.2) is 9.85 Å². The molecule has 6 heteroatoms. The normalized spacial score (nSPS) is 11.2. The second-order valence-corrected chi connectivity index (χ2v) is 5.03. The van der Waals surface area contributed by atoms with E-state index < -0.39 is 9.85 Å². The SMILES string of the molecule is CC(C)(C)Cc1c([N+](=O)[O-])cccc1[N+](=O)[O-]. The molecule has 6 nitrogen and oxygen atoms in total. The van der Waals surface area contributed by atoms with E-state index in [4.69, 9.17) is 0 Å². The molecule has 0 amide bonds. The van der Waals surface area contributed by atoms with Crippen molar-refractivity contribution < 1.29 is 9.85 Å². The summed E-state index contributed by atoms with van der Waals surface area (Å²) in [5.41, 5.74) is -0.435. The molecule has 0 radical (unpaired) electrons. The molecule has 1 aromatic rings. The zero-order valence-corrected chi connectivity index (χ0v) is 9.97. The quantitative estimate of drug-likeness (QED) is 0.598. The third-order valence-corrected chi connectivity index (χ3v) is 2.23. The van der Waals surface area contributed by atoms with Gasteiger partial charge in [0.25, 0.3) is 11.4 Å². The Bertz CT molecular complexity index is 431. The standard InChI is InChI=1S/C11H14N2O4/c1-11(2,3)7-8-9(12(14)15)5-4-6-10(8)13(16)17/h4-6H,7H2,1-3H3. The summed E-state index contributed by atoms with van der Waals surface area (Å²) >= 11 is 0. The van der Waals surface area contributed by atoms with Gasteiger partial charge in [0.2, 0.25) is 0 Å². The topological polar surface area (TPSA) is 86.3 Å². The van der Waals surface area contributed by atoms with Crippen LogP contribution in [0, 0.1) is 25.6 Å². The van der Waals surface area contributed by atoms with Gasteiger partial charge < -0.3 is 0 Å². The summed E-state index contributed by atoms with van der Waals surface area (Å²) in [4.78, 5) is 20.6. The number of hydrogen-bond acceptors (Lipinski definition) is 4. The first-order valence-electron chi connectivity index (χ1n) is 5.13. The molecule has 0 aliphatic rings. The highest BCUT2D eigenvalue weighted by Crippen LogP contribution is 2.33. The van der Waals surface area contributed by atoms with Crippen LogP contribution in [0.25, 0.3) is 0 Å². The van der Waals surface area contributed by atoms with Gasteiger partial charge in [-0.25, -0.2) is 0 Å². The van der Waals surface area contributed by atoms with Crippen LogP contribution in [0.1, 0.15) is 26.3 Å². The lowest BCUT2D eigenvalue weighted by molar-refractivity contribution is -0.395. The van der Waals surface area contributed by atoms with Crippen LogP contribution in [0.5, 0.6) is 0 Å². The van der Waals surface area contributed by atoms with Crippen LogP contribution < -0.4 is 0 Å². The fourth-order valence-corrected chi connectivity index (χ4v) is 1.62. The van der Waals surface area contributed by atoms with Crippen molar-refractivity contribution in [3.63, 3.8) is 0 Å². The van der Waals surface area contributed by atoms with E-state index in [0.717, 1.165) is 0 Å². The first-order chi connectivity index (χ1) is 7.72. The zero-order valence-electron chi connectivity index (χ0n) is 9.97. The monoisotopic (exact) mass is 238 g/mol. The molecule has 92 valence electrons. The fraction of sp³-hybridized carbons (Fsp3) is 0.455. The highest BCUT2D eigenvalue weighted by Gasteiger charge is 2.28. The van der Waals surface area contributed by atoms with Crippen molar-refractivity contribution >= 4 is 11.4 Å². The summed E-state index contributed by atoms with van der Waals surface area (Å²) in [6.07, 6.45) is 0.292. The van der Waals surface area contributed by atoms with E-state index in [1.807, 2.05) is 20.8 Å². The Labute approximate surface area is 98.6 Å². The van der Waals surface area contributed by atoms with Crippen molar-refractivity contribution in [2.75, 3.05) is 0 Å². The molecule has 0 heterocycles. The van der Waals surface area contributed by atoms with Crippen LogP contribution in [0.15, 0.2) is 18.2 Å². The molecule has 0 atom stereocenters. The third-order valence-electron chi connectivity index (χ3n) is 2.23. The summed E-state index contributed by atoms with van der Waals surface area (Å²) in [6.45, 7) is 5.65. The van der Waals surface area contributed by atoms with Gasteiger partial charge in [-0.1, -0.05) is 20.8 Å². The first kappa shape index (κ1) is 13.1. The van der Waals surface area contributed by atoms with Crippen LogP contribution in [0.3, 0.4) is 0 Å². The van der Waals surface area contributed by atoms with Crippen molar-refractivity contribution in [3.8, 4) is 0 Å². The highest BCUT2D eigenvalue weighted by atomic mass is 16.6. The maximum atomic E-state index is 10.9. The maximum absolute atomic E-state index is 10.9. The van der Waals surface area contributed by atoms with Gasteiger partial charge in [-0.3, -0.25) is 20.2 Å². The molecule has 1 aromatic carbocycles. The molecule has 0 N–H and O–H groups in total. The zero-order chi connectivity index (χ0) is 13.2. The fourth-order valence-electron chi connectivity index (χ4n) is 1.62. The van der Waals surface area contributed by atoms with E-state index >= 15 is 0 Å². The minimum Gasteiger partial charge on any atom is -0.258 e. The number of rotatable bonds is 3. The smallest absolute Gasteiger partial charge is 0.258 e. The van der Waals surface area contributed by atoms with E-state index in [1.54, 1.807) is 0 Å². The summed E-state index contributed by atoms with van der Waals surface area (Å²) in [5.74, 6) is 0. The van der Waals surface area contributed by atoms with Crippen LogP contribution >= 0.6 is 0 Å². The van der Waals surface area contributed by atoms with Crippen molar-refractivity contribution in [2.24, 2.45) is 5.41 Å². The molecule has 1 rings (SSSR count). The van der Waals surface area contributed by atoms with Gasteiger partial charge in [0, 0.05) is 12.1 Å². The molecule has 0 aliphatic heterocycles. The summed E-state index contributed by atoms with van der Waals surface area (Å²) < 4.78 is 0. The van der Waals surface area contributed by atoms with E-state index in [9.17, 15) is 20.2 Å². The molecule has 0 aliphatic carbocycles. The van der Waals surface area contributed by atoms with E-state index in [0.29, 0.717) is 6.42 Å². The lowest BCUT2D eigenvalue weighted by Crippen LogP contribution is -2.12. The third kappa shape index (κ3) is 3.24. The summed E-state index contributed by atoms with van der Waals surface area (Å²) in [5, 5.41) is 21.7. The van der Waals surface area contributed by atoms with Crippen LogP contribution in [-0.2, 0) is 6.42 Å². The van der Waals surface area contributed by atoms with Gasteiger partial charge in [-0.05, 0) is 17.9 Å². The van der Waals surface area contributed by atoms with E-state index in [1.165, 1.54) is 18.2 Å². The maximum Gasteiger partial charge on any atom is 0.279 e. The molecule has 0 unspecified atom stereocenters. The van der Waals surface area contributed by atoms with Crippen molar-refractivity contribution in [1.82, 2.24) is 0 Å². The van der Waals surface area contributed by atoms with Crippen molar-refractivity contribution in [3.05, 3.63) is 44.0 Å². The van der Waals surface area contributed by atoms with E-state index in [-0.39, 0.29) is 22.4 Å². The molecular weight excluding hydrogens is 224 g/mol. The Morgan fingerprint density at radius 1 is 1.06 bits per heavy atom. The van der Waals surface area contributed by atoms with E-state index in [2.05, 4.69) is 0 Å². The van der Waals surface area contributed by atoms with Gasteiger partial charge in [-0.15, -0.1) is 0 Å². The molecule has 0 fully saturated rings. The average Bonchev–Trinajstić information content (AvgIpc) is 2.14. The van der Waals surface area contributed by atoms with Gasteiger partial charge in [0.15, 0.2) is 0 Å². The second-order valence-electron chi connectivity index (χ2n) is 5.03. The lowest BCUT2D eigenvalue weighted by Gasteiger charge is -2.17. The predicted octanol–water partition coefficient (Wildman–Crippen LogP) is 3.09. The van der Waals surface area contributed by atoms with Crippen LogP contribution in [0.4, 0.5) is 11.4 Å².